The van der Waals surface area contributed by atoms with Crippen LogP contribution in [0.2, 0.25) is 0 Å². The number of pyridine rings is 1. The Labute approximate surface area is 145 Å². The fourth-order valence-electron chi connectivity index (χ4n) is 2.42. The largest absolute Gasteiger partial charge is 0.505 e. The van der Waals surface area contributed by atoms with Gasteiger partial charge in [-0.2, -0.15) is 13.2 Å². The number of halogens is 3. The minimum absolute atomic E-state index is 0.126. The molecule has 3 aromatic rings. The van der Waals surface area contributed by atoms with Crippen LogP contribution in [0.1, 0.15) is 16.2 Å². The molecular weight excluding hydrogens is 351 g/mol. The van der Waals surface area contributed by atoms with Crippen LogP contribution in [0.25, 0.3) is 10.8 Å². The summed E-state index contributed by atoms with van der Waals surface area (Å²) in [5.74, 6) is -1.30. The number of nitrogens with zero attached hydrogens (tertiary/aromatic N) is 1. The Bertz CT molecular complexity index is 972. The molecule has 0 saturated heterocycles. The molecule has 1 heterocycles. The molecule has 2 aromatic carbocycles. The summed E-state index contributed by atoms with van der Waals surface area (Å²) >= 11 is 0. The predicted molar refractivity (Wildman–Crippen MR) is 86.3 cm³/mol. The van der Waals surface area contributed by atoms with Gasteiger partial charge in [-0.3, -0.25) is 0 Å². The number of alkyl halides is 3. The summed E-state index contributed by atoms with van der Waals surface area (Å²) in [5, 5.41) is 9.57. The number of aromatic hydroxyl groups is 1. The molecule has 134 valence electrons. The van der Waals surface area contributed by atoms with E-state index in [1.54, 1.807) is 30.3 Å². The molecule has 0 atom stereocenters. The number of benzene rings is 2. The van der Waals surface area contributed by atoms with Crippen LogP contribution in [-0.4, -0.2) is 23.2 Å². The third-order valence-electron chi connectivity index (χ3n) is 3.58. The first-order valence-electron chi connectivity index (χ1n) is 7.36. The van der Waals surface area contributed by atoms with Crippen molar-refractivity contribution in [2.24, 2.45) is 0 Å². The molecular formula is C18H12F3NO4. The molecule has 0 amide bonds. The number of fused-ring (bicyclic) bond motifs is 1. The van der Waals surface area contributed by atoms with E-state index in [1.807, 2.05) is 0 Å². The fourth-order valence-corrected chi connectivity index (χ4v) is 2.42. The second-order valence-electron chi connectivity index (χ2n) is 5.27. The van der Waals surface area contributed by atoms with Gasteiger partial charge in [0.05, 0.1) is 7.11 Å². The monoisotopic (exact) mass is 363 g/mol. The highest BCUT2D eigenvalue weighted by Gasteiger charge is 2.37. The first-order chi connectivity index (χ1) is 12.3. The standard InChI is InChI=1S/C18H12F3NO4/c1-25-17(24)14-15(23)12-8-7-11(26-10-5-3-2-4-6-10)9-13(12)16(22-14)18(19,20)21/h2-9,23H,1H3. The van der Waals surface area contributed by atoms with Crippen LogP contribution in [-0.2, 0) is 10.9 Å². The van der Waals surface area contributed by atoms with Gasteiger partial charge in [0.25, 0.3) is 0 Å². The molecule has 1 aromatic heterocycles. The minimum Gasteiger partial charge on any atom is -0.505 e. The lowest BCUT2D eigenvalue weighted by Gasteiger charge is -2.14. The van der Waals surface area contributed by atoms with Crippen LogP contribution >= 0.6 is 0 Å². The third kappa shape index (κ3) is 3.26. The van der Waals surface area contributed by atoms with Crippen molar-refractivity contribution in [3.05, 3.63) is 59.9 Å². The van der Waals surface area contributed by atoms with Gasteiger partial charge in [0.1, 0.15) is 11.5 Å². The van der Waals surface area contributed by atoms with Crippen LogP contribution in [0, 0.1) is 0 Å². The maximum absolute atomic E-state index is 13.4. The quantitative estimate of drug-likeness (QED) is 0.692. The molecule has 0 aliphatic heterocycles. The second kappa shape index (κ2) is 6.55. The number of aromatic nitrogens is 1. The first kappa shape index (κ1) is 17.5. The van der Waals surface area contributed by atoms with E-state index in [4.69, 9.17) is 4.74 Å². The van der Waals surface area contributed by atoms with E-state index in [2.05, 4.69) is 9.72 Å². The fraction of sp³-hybridized carbons (Fsp3) is 0.111. The summed E-state index contributed by atoms with van der Waals surface area (Å²) in [6.07, 6.45) is -4.85. The van der Waals surface area contributed by atoms with Crippen molar-refractivity contribution < 1.29 is 32.5 Å². The summed E-state index contributed by atoms with van der Waals surface area (Å²) < 4.78 is 50.2. The van der Waals surface area contributed by atoms with Crippen molar-refractivity contribution >= 4 is 16.7 Å². The number of carbonyl (C=O) groups excluding carboxylic acids is 1. The van der Waals surface area contributed by atoms with Crippen LogP contribution in [0.15, 0.2) is 48.5 Å². The van der Waals surface area contributed by atoms with Gasteiger partial charge in [0.15, 0.2) is 17.1 Å². The molecule has 5 nitrogen and oxygen atoms in total. The summed E-state index contributed by atoms with van der Waals surface area (Å²) in [4.78, 5) is 14.9. The van der Waals surface area contributed by atoms with Gasteiger partial charge in [0, 0.05) is 10.8 Å². The van der Waals surface area contributed by atoms with E-state index in [9.17, 15) is 23.1 Å². The van der Waals surface area contributed by atoms with Crippen LogP contribution in [0.5, 0.6) is 17.2 Å². The average molecular weight is 363 g/mol. The van der Waals surface area contributed by atoms with Crippen molar-refractivity contribution in [3.8, 4) is 17.2 Å². The first-order valence-corrected chi connectivity index (χ1v) is 7.36. The van der Waals surface area contributed by atoms with Crippen molar-refractivity contribution in [2.75, 3.05) is 7.11 Å². The normalized spacial score (nSPS) is 11.4. The Hall–Kier alpha value is -3.29. The summed E-state index contributed by atoms with van der Waals surface area (Å²) in [6.45, 7) is 0. The Morgan fingerprint density at radius 2 is 1.73 bits per heavy atom. The number of carbonyl (C=O) groups is 1. The Kier molecular flexibility index (Phi) is 4.41. The molecule has 3 rings (SSSR count). The van der Waals surface area contributed by atoms with E-state index in [0.29, 0.717) is 5.75 Å². The number of rotatable bonds is 3. The van der Waals surface area contributed by atoms with E-state index in [-0.39, 0.29) is 11.1 Å². The molecule has 0 fully saturated rings. The smallest absolute Gasteiger partial charge is 0.433 e. The van der Waals surface area contributed by atoms with Gasteiger partial charge in [0.2, 0.25) is 0 Å². The van der Waals surface area contributed by atoms with E-state index in [1.165, 1.54) is 12.1 Å². The Morgan fingerprint density at radius 1 is 1.04 bits per heavy atom. The van der Waals surface area contributed by atoms with Gasteiger partial charge >= 0.3 is 12.1 Å². The molecule has 0 aliphatic carbocycles. The number of hydrogen-bond donors (Lipinski definition) is 1. The molecule has 0 spiro atoms. The van der Waals surface area contributed by atoms with Crippen LogP contribution in [0.3, 0.4) is 0 Å². The van der Waals surface area contributed by atoms with Gasteiger partial charge in [-0.25, -0.2) is 9.78 Å². The van der Waals surface area contributed by atoms with Gasteiger partial charge < -0.3 is 14.6 Å². The van der Waals surface area contributed by atoms with Crippen LogP contribution in [0.4, 0.5) is 13.2 Å². The molecule has 0 unspecified atom stereocenters. The molecule has 0 saturated carbocycles. The highest BCUT2D eigenvalue weighted by atomic mass is 19.4. The summed E-state index contributed by atoms with van der Waals surface area (Å²) in [6, 6.07) is 12.2. The molecule has 8 heteroatoms. The predicted octanol–water partition coefficient (Wildman–Crippen LogP) is 4.54. The zero-order chi connectivity index (χ0) is 18.9. The van der Waals surface area contributed by atoms with Crippen LogP contribution < -0.4 is 4.74 Å². The van der Waals surface area contributed by atoms with E-state index < -0.39 is 34.7 Å². The highest BCUT2D eigenvalue weighted by Crippen LogP contribution is 2.40. The number of methoxy groups -OCH3 is 1. The zero-order valence-electron chi connectivity index (χ0n) is 13.4. The van der Waals surface area contributed by atoms with E-state index >= 15 is 0 Å². The number of para-hydroxylation sites is 1. The maximum atomic E-state index is 13.4. The molecule has 0 aliphatic rings. The Morgan fingerprint density at radius 3 is 2.35 bits per heavy atom. The van der Waals surface area contributed by atoms with Gasteiger partial charge in [-0.1, -0.05) is 18.2 Å². The second-order valence-corrected chi connectivity index (χ2v) is 5.27. The zero-order valence-corrected chi connectivity index (χ0v) is 13.4. The van der Waals surface area contributed by atoms with Gasteiger partial charge in [-0.15, -0.1) is 0 Å². The summed E-state index contributed by atoms with van der Waals surface area (Å²) in [5.41, 5.74) is -2.12. The third-order valence-corrected chi connectivity index (χ3v) is 3.58. The topological polar surface area (TPSA) is 68.7 Å². The van der Waals surface area contributed by atoms with Crippen molar-refractivity contribution in [1.29, 1.82) is 0 Å². The average Bonchev–Trinajstić information content (AvgIpc) is 2.61. The lowest BCUT2D eigenvalue weighted by Crippen LogP contribution is -2.14. The maximum Gasteiger partial charge on any atom is 0.433 e. The molecule has 0 bridgehead atoms. The SMILES string of the molecule is COC(=O)c1nc(C(F)(F)F)c2cc(Oc3ccccc3)ccc2c1O. The van der Waals surface area contributed by atoms with Crippen molar-refractivity contribution in [2.45, 2.75) is 6.18 Å². The molecule has 26 heavy (non-hydrogen) atoms. The van der Waals surface area contributed by atoms with Gasteiger partial charge in [-0.05, 0) is 30.3 Å². The number of hydrogen-bond acceptors (Lipinski definition) is 5. The Balaban J connectivity index is 2.20. The van der Waals surface area contributed by atoms with Crippen molar-refractivity contribution in [3.63, 3.8) is 0 Å². The molecule has 0 radical (unpaired) electrons. The lowest BCUT2D eigenvalue weighted by molar-refractivity contribution is -0.139. The minimum atomic E-state index is -4.85. The van der Waals surface area contributed by atoms with Crippen molar-refractivity contribution in [1.82, 2.24) is 4.98 Å². The lowest BCUT2D eigenvalue weighted by atomic mass is 10.1. The summed E-state index contributed by atoms with van der Waals surface area (Å²) in [7, 11) is 0.984. The van der Waals surface area contributed by atoms with E-state index in [0.717, 1.165) is 13.2 Å². The molecule has 1 N–H and O–H groups in total. The number of ether oxygens (including phenoxy) is 2. The number of esters is 1. The highest BCUT2D eigenvalue weighted by molar-refractivity contribution is 6.00.